The second-order valence-electron chi connectivity index (χ2n) is 6.41. The van der Waals surface area contributed by atoms with Crippen molar-refractivity contribution in [2.24, 2.45) is 7.05 Å². The molecule has 1 unspecified atom stereocenters. The number of nitrogens with one attached hydrogen (secondary N) is 2. The highest BCUT2D eigenvalue weighted by Crippen LogP contribution is 2.37. The molecular formula is C19H20N4O2S. The first-order valence-electron chi connectivity index (χ1n) is 8.44. The molecule has 1 fully saturated rings. The number of fused-ring (bicyclic) bond motifs is 1. The molecule has 26 heavy (non-hydrogen) atoms. The number of anilines is 1. The van der Waals surface area contributed by atoms with Gasteiger partial charge in [0.25, 0.3) is 0 Å². The molecule has 7 heteroatoms. The van der Waals surface area contributed by atoms with E-state index in [4.69, 9.17) is 12.2 Å². The fourth-order valence-electron chi connectivity index (χ4n) is 3.42. The maximum absolute atomic E-state index is 10.4. The van der Waals surface area contributed by atoms with Gasteiger partial charge in [0, 0.05) is 41.5 Å². The predicted molar refractivity (Wildman–Crippen MR) is 106 cm³/mol. The lowest BCUT2D eigenvalue weighted by atomic mass is 10.0. The second-order valence-corrected chi connectivity index (χ2v) is 6.80. The Morgan fingerprint density at radius 2 is 1.92 bits per heavy atom. The van der Waals surface area contributed by atoms with Crippen LogP contribution < -0.4 is 15.8 Å². The van der Waals surface area contributed by atoms with Gasteiger partial charge in [0.2, 0.25) is 0 Å². The molecule has 134 valence electrons. The van der Waals surface area contributed by atoms with Crippen LogP contribution >= 0.6 is 12.2 Å². The van der Waals surface area contributed by atoms with Crippen LogP contribution in [0.3, 0.4) is 0 Å². The zero-order valence-electron chi connectivity index (χ0n) is 14.5. The smallest absolute Gasteiger partial charge is 0.189 e. The Balaban J connectivity index is 1.80. The van der Waals surface area contributed by atoms with E-state index in [2.05, 4.69) is 33.6 Å². The number of benzene rings is 2. The quantitative estimate of drug-likeness (QED) is 0.533. The Morgan fingerprint density at radius 1 is 1.12 bits per heavy atom. The maximum Gasteiger partial charge on any atom is 0.189 e. The average Bonchev–Trinajstić information content (AvgIpc) is 3.18. The highest BCUT2D eigenvalue weighted by atomic mass is 32.1. The van der Waals surface area contributed by atoms with Crippen LogP contribution in [0.5, 0.6) is 11.5 Å². The van der Waals surface area contributed by atoms with Gasteiger partial charge in [0.05, 0.1) is 0 Å². The van der Waals surface area contributed by atoms with E-state index < -0.39 is 0 Å². The molecule has 1 aromatic heterocycles. The zero-order valence-corrected chi connectivity index (χ0v) is 15.3. The van der Waals surface area contributed by atoms with Gasteiger partial charge in [-0.15, -0.1) is 0 Å². The van der Waals surface area contributed by atoms with Crippen molar-refractivity contribution < 1.29 is 10.2 Å². The lowest BCUT2D eigenvalue weighted by Gasteiger charge is -2.25. The van der Waals surface area contributed by atoms with Gasteiger partial charge >= 0.3 is 0 Å². The Morgan fingerprint density at radius 3 is 2.69 bits per heavy atom. The Labute approximate surface area is 156 Å². The van der Waals surface area contributed by atoms with Crippen molar-refractivity contribution in [2.75, 3.05) is 4.90 Å². The summed E-state index contributed by atoms with van der Waals surface area (Å²) < 4.78 is 2.06. The number of hydrazine groups is 1. The molecule has 1 aliphatic rings. The number of hydrogen-bond acceptors (Lipinski definition) is 4. The summed E-state index contributed by atoms with van der Waals surface area (Å²) in [5.74, 6) is 0.119. The number of aromatic nitrogens is 1. The topological polar surface area (TPSA) is 72.7 Å². The number of phenolic OH excluding ortho intramolecular Hbond substituents is 2. The van der Waals surface area contributed by atoms with Crippen molar-refractivity contribution in [3.63, 3.8) is 0 Å². The highest BCUT2D eigenvalue weighted by Gasteiger charge is 2.32. The van der Waals surface area contributed by atoms with Crippen LogP contribution in [0.15, 0.2) is 42.6 Å². The number of aryl methyl sites for hydroxylation is 2. The van der Waals surface area contributed by atoms with E-state index in [0.29, 0.717) is 17.1 Å². The molecule has 2 heterocycles. The van der Waals surface area contributed by atoms with Gasteiger partial charge < -0.3 is 14.8 Å². The fourth-order valence-corrected chi connectivity index (χ4v) is 3.69. The molecule has 4 rings (SSSR count). The van der Waals surface area contributed by atoms with E-state index in [1.54, 1.807) is 0 Å². The lowest BCUT2D eigenvalue weighted by Crippen LogP contribution is -2.29. The number of aromatic hydroxyl groups is 2. The molecule has 1 atom stereocenters. The minimum atomic E-state index is -0.380. The summed E-state index contributed by atoms with van der Waals surface area (Å²) in [5, 5.41) is 22.0. The second kappa shape index (κ2) is 6.19. The van der Waals surface area contributed by atoms with Gasteiger partial charge in [-0.2, -0.15) is 0 Å². The van der Waals surface area contributed by atoms with E-state index >= 15 is 0 Å². The van der Waals surface area contributed by atoms with Crippen molar-refractivity contribution in [2.45, 2.75) is 19.5 Å². The molecule has 0 spiro atoms. The molecule has 3 aromatic rings. The molecule has 1 aliphatic heterocycles. The predicted octanol–water partition coefficient (Wildman–Crippen LogP) is 3.05. The van der Waals surface area contributed by atoms with Crippen LogP contribution in [-0.2, 0) is 13.5 Å². The number of phenols is 2. The minimum Gasteiger partial charge on any atom is -0.508 e. The van der Waals surface area contributed by atoms with E-state index in [1.165, 1.54) is 6.07 Å². The van der Waals surface area contributed by atoms with Crippen molar-refractivity contribution >= 4 is 33.9 Å². The van der Waals surface area contributed by atoms with E-state index in [0.717, 1.165) is 22.2 Å². The minimum absolute atomic E-state index is 0.0227. The summed E-state index contributed by atoms with van der Waals surface area (Å²) in [6.07, 6.45) is 2.30. The summed E-state index contributed by atoms with van der Waals surface area (Å²) in [4.78, 5) is 1.92. The first-order valence-corrected chi connectivity index (χ1v) is 8.85. The van der Waals surface area contributed by atoms with Crippen molar-refractivity contribution in [1.29, 1.82) is 0 Å². The SMILES string of the molecule is CCc1cc(C2NNC(=S)N2c2ccc3c(ccn3C)c2)c(O)cc1O. The van der Waals surface area contributed by atoms with Gasteiger partial charge in [0.1, 0.15) is 17.7 Å². The fraction of sp³-hybridized carbons (Fsp3) is 0.211. The van der Waals surface area contributed by atoms with E-state index in [9.17, 15) is 10.2 Å². The first kappa shape index (κ1) is 16.7. The first-order chi connectivity index (χ1) is 12.5. The molecule has 0 aliphatic carbocycles. The summed E-state index contributed by atoms with van der Waals surface area (Å²) in [7, 11) is 2.01. The number of rotatable bonds is 3. The molecule has 0 amide bonds. The molecule has 1 saturated heterocycles. The molecular weight excluding hydrogens is 348 g/mol. The maximum atomic E-state index is 10.4. The van der Waals surface area contributed by atoms with E-state index in [-0.39, 0.29) is 17.7 Å². The summed E-state index contributed by atoms with van der Waals surface area (Å²) >= 11 is 5.47. The van der Waals surface area contributed by atoms with Gasteiger partial charge in [-0.05, 0) is 54.5 Å². The zero-order chi connectivity index (χ0) is 18.4. The molecule has 6 nitrogen and oxygen atoms in total. The third-order valence-electron chi connectivity index (χ3n) is 4.84. The Hall–Kier alpha value is -2.77. The number of nitrogens with zero attached hydrogens (tertiary/aromatic N) is 2. The van der Waals surface area contributed by atoms with Crippen molar-refractivity contribution in [1.82, 2.24) is 15.4 Å². The molecule has 0 radical (unpaired) electrons. The largest absolute Gasteiger partial charge is 0.508 e. The van der Waals surface area contributed by atoms with Crippen LogP contribution in [-0.4, -0.2) is 19.9 Å². The van der Waals surface area contributed by atoms with Crippen molar-refractivity contribution in [3.8, 4) is 11.5 Å². The van der Waals surface area contributed by atoms with Gasteiger partial charge in [-0.3, -0.25) is 10.3 Å². The number of thiocarbonyl (C=S) groups is 1. The third kappa shape index (κ3) is 2.56. The Kier molecular flexibility index (Phi) is 3.97. The highest BCUT2D eigenvalue weighted by molar-refractivity contribution is 7.80. The number of hydrogen-bond donors (Lipinski definition) is 4. The van der Waals surface area contributed by atoms with Crippen LogP contribution in [0.2, 0.25) is 0 Å². The normalized spacial score (nSPS) is 17.1. The standard InChI is InChI=1S/C19H20N4O2S/c1-3-11-9-14(17(25)10-16(11)24)18-20-21-19(26)23(18)13-4-5-15-12(8-13)6-7-22(15)2/h4-10,18,20,24-25H,3H2,1-2H3,(H,21,26). The monoisotopic (exact) mass is 368 g/mol. The van der Waals surface area contributed by atoms with Gasteiger partial charge in [-0.1, -0.05) is 6.92 Å². The van der Waals surface area contributed by atoms with Gasteiger partial charge in [-0.25, -0.2) is 5.43 Å². The summed E-state index contributed by atoms with van der Waals surface area (Å²) in [6.45, 7) is 1.96. The van der Waals surface area contributed by atoms with Crippen LogP contribution in [0.4, 0.5) is 5.69 Å². The van der Waals surface area contributed by atoms with E-state index in [1.807, 2.05) is 37.2 Å². The summed E-state index contributed by atoms with van der Waals surface area (Å²) in [6, 6.07) is 11.4. The van der Waals surface area contributed by atoms with Gasteiger partial charge in [0.15, 0.2) is 5.11 Å². The molecule has 2 aromatic carbocycles. The van der Waals surface area contributed by atoms with Crippen molar-refractivity contribution in [3.05, 3.63) is 53.7 Å². The summed E-state index contributed by atoms with van der Waals surface area (Å²) in [5.41, 5.74) is 9.58. The molecule has 0 saturated carbocycles. The third-order valence-corrected chi connectivity index (χ3v) is 5.14. The average molecular weight is 368 g/mol. The van der Waals surface area contributed by atoms with Crippen LogP contribution in [0.25, 0.3) is 10.9 Å². The molecule has 0 bridgehead atoms. The van der Waals surface area contributed by atoms with Crippen LogP contribution in [0.1, 0.15) is 24.2 Å². The lowest BCUT2D eigenvalue weighted by molar-refractivity contribution is 0.433. The Bertz CT molecular complexity index is 1010. The molecule has 4 N–H and O–H groups in total. The van der Waals surface area contributed by atoms with Crippen LogP contribution in [0, 0.1) is 0 Å².